The normalized spacial score (nSPS) is 9.75. The Morgan fingerprint density at radius 2 is 2.25 bits per heavy atom. The number of nitrogens with one attached hydrogen (secondary N) is 1. The number of aliphatic hydroxyl groups excluding tert-OH is 1. The summed E-state index contributed by atoms with van der Waals surface area (Å²) >= 11 is 0. The van der Waals surface area contributed by atoms with Crippen LogP contribution in [0.3, 0.4) is 0 Å². The van der Waals surface area contributed by atoms with E-state index in [9.17, 15) is 0 Å². The third-order valence-corrected chi connectivity index (χ3v) is 1.64. The molecule has 0 saturated heterocycles. The standard InChI is InChI=1S/C8H13BN2O/c9-6-1-2-7(10)8(5-6)11-3-4-12/h1-2,5,11-12H,3-4,9-10H2. The lowest BCUT2D eigenvalue weighted by Crippen LogP contribution is -2.11. The van der Waals surface area contributed by atoms with Crippen LogP contribution < -0.4 is 16.5 Å². The van der Waals surface area contributed by atoms with Crippen molar-refractivity contribution in [2.24, 2.45) is 0 Å². The molecule has 0 unspecified atom stereocenters. The van der Waals surface area contributed by atoms with Gasteiger partial charge in [-0.1, -0.05) is 11.5 Å². The lowest BCUT2D eigenvalue weighted by molar-refractivity contribution is 0.311. The molecular weight excluding hydrogens is 151 g/mol. The van der Waals surface area contributed by atoms with Gasteiger partial charge in [-0.15, -0.1) is 0 Å². The van der Waals surface area contributed by atoms with E-state index in [0.29, 0.717) is 12.2 Å². The highest BCUT2D eigenvalue weighted by Crippen LogP contribution is 2.14. The van der Waals surface area contributed by atoms with E-state index in [1.54, 1.807) is 0 Å². The molecule has 0 radical (unpaired) electrons. The highest BCUT2D eigenvalue weighted by Gasteiger charge is 1.96. The monoisotopic (exact) mass is 164 g/mol. The molecule has 0 amide bonds. The van der Waals surface area contributed by atoms with Crippen molar-refractivity contribution in [3.05, 3.63) is 18.2 Å². The quantitative estimate of drug-likeness (QED) is 0.394. The summed E-state index contributed by atoms with van der Waals surface area (Å²) < 4.78 is 0. The first kappa shape index (κ1) is 8.94. The molecule has 1 aromatic rings. The number of hydrogen-bond donors (Lipinski definition) is 3. The van der Waals surface area contributed by atoms with Crippen LogP contribution in [-0.2, 0) is 0 Å². The molecule has 0 spiro atoms. The van der Waals surface area contributed by atoms with Gasteiger partial charge in [0.1, 0.15) is 7.85 Å². The van der Waals surface area contributed by atoms with E-state index in [-0.39, 0.29) is 6.61 Å². The van der Waals surface area contributed by atoms with Gasteiger partial charge >= 0.3 is 0 Å². The van der Waals surface area contributed by atoms with Crippen LogP contribution in [0.1, 0.15) is 0 Å². The molecule has 0 fully saturated rings. The van der Waals surface area contributed by atoms with Crippen molar-refractivity contribution in [1.82, 2.24) is 0 Å². The van der Waals surface area contributed by atoms with Crippen molar-refractivity contribution in [3.8, 4) is 0 Å². The van der Waals surface area contributed by atoms with Gasteiger partial charge in [0.25, 0.3) is 0 Å². The molecule has 0 saturated carbocycles. The van der Waals surface area contributed by atoms with E-state index < -0.39 is 0 Å². The summed E-state index contributed by atoms with van der Waals surface area (Å²) in [7, 11) is 2.00. The molecule has 1 aromatic carbocycles. The van der Waals surface area contributed by atoms with Gasteiger partial charge in [-0.25, -0.2) is 0 Å². The Morgan fingerprint density at radius 3 is 2.92 bits per heavy atom. The number of nitrogens with two attached hydrogens (primary N) is 1. The van der Waals surface area contributed by atoms with Crippen molar-refractivity contribution in [3.63, 3.8) is 0 Å². The molecule has 3 nitrogen and oxygen atoms in total. The Morgan fingerprint density at radius 1 is 1.50 bits per heavy atom. The zero-order chi connectivity index (χ0) is 8.97. The molecule has 0 heterocycles. The summed E-state index contributed by atoms with van der Waals surface area (Å²) in [6.07, 6.45) is 0. The number of anilines is 2. The van der Waals surface area contributed by atoms with Crippen LogP contribution in [0, 0.1) is 0 Å². The SMILES string of the molecule is Bc1ccc(N)c(NCCO)c1. The fourth-order valence-corrected chi connectivity index (χ4v) is 1.01. The van der Waals surface area contributed by atoms with Crippen LogP contribution in [0.5, 0.6) is 0 Å². The molecular formula is C8H13BN2O. The van der Waals surface area contributed by atoms with E-state index in [2.05, 4.69) is 5.32 Å². The Balaban J connectivity index is 2.75. The summed E-state index contributed by atoms with van der Waals surface area (Å²) in [4.78, 5) is 0. The number of nitrogen functional groups attached to an aromatic ring is 1. The van der Waals surface area contributed by atoms with Gasteiger partial charge in [0.2, 0.25) is 0 Å². The van der Waals surface area contributed by atoms with E-state index in [0.717, 1.165) is 11.2 Å². The zero-order valence-corrected chi connectivity index (χ0v) is 7.17. The van der Waals surface area contributed by atoms with Gasteiger partial charge in [0.05, 0.1) is 18.0 Å². The summed E-state index contributed by atoms with van der Waals surface area (Å²) in [5.74, 6) is 0. The van der Waals surface area contributed by atoms with Crippen LogP contribution >= 0.6 is 0 Å². The third-order valence-electron chi connectivity index (χ3n) is 1.64. The van der Waals surface area contributed by atoms with Crippen molar-refractivity contribution in [2.45, 2.75) is 0 Å². The van der Waals surface area contributed by atoms with E-state index >= 15 is 0 Å². The average molecular weight is 164 g/mol. The largest absolute Gasteiger partial charge is 0.397 e. The van der Waals surface area contributed by atoms with Crippen LogP contribution in [0.2, 0.25) is 0 Å². The van der Waals surface area contributed by atoms with Gasteiger partial charge in [0.15, 0.2) is 0 Å². The Labute approximate surface area is 73.0 Å². The van der Waals surface area contributed by atoms with Crippen LogP contribution in [0.4, 0.5) is 11.4 Å². The Bertz CT molecular complexity index is 265. The number of hydrogen-bond acceptors (Lipinski definition) is 3. The van der Waals surface area contributed by atoms with E-state index in [1.807, 2.05) is 26.0 Å². The van der Waals surface area contributed by atoms with Gasteiger partial charge in [-0.2, -0.15) is 0 Å². The molecule has 4 heteroatoms. The van der Waals surface area contributed by atoms with Crippen molar-refractivity contribution >= 4 is 24.7 Å². The van der Waals surface area contributed by atoms with Crippen LogP contribution in [0.15, 0.2) is 18.2 Å². The highest BCUT2D eigenvalue weighted by atomic mass is 16.3. The first-order chi connectivity index (χ1) is 5.74. The lowest BCUT2D eigenvalue weighted by Gasteiger charge is -2.08. The van der Waals surface area contributed by atoms with Crippen molar-refractivity contribution < 1.29 is 5.11 Å². The topological polar surface area (TPSA) is 58.3 Å². The van der Waals surface area contributed by atoms with E-state index in [4.69, 9.17) is 10.8 Å². The molecule has 1 rings (SSSR count). The minimum absolute atomic E-state index is 0.118. The maximum atomic E-state index is 8.58. The van der Waals surface area contributed by atoms with Gasteiger partial charge in [0, 0.05) is 6.54 Å². The summed E-state index contributed by atoms with van der Waals surface area (Å²) in [5, 5.41) is 11.6. The molecule has 64 valence electrons. The summed E-state index contributed by atoms with van der Waals surface area (Å²) in [6.45, 7) is 0.654. The second kappa shape index (κ2) is 4.02. The maximum absolute atomic E-state index is 8.58. The fourth-order valence-electron chi connectivity index (χ4n) is 1.01. The Hall–Kier alpha value is -1.16. The average Bonchev–Trinajstić information content (AvgIpc) is 2.07. The zero-order valence-electron chi connectivity index (χ0n) is 7.17. The van der Waals surface area contributed by atoms with Crippen molar-refractivity contribution in [1.29, 1.82) is 0 Å². The molecule has 0 aliphatic carbocycles. The highest BCUT2D eigenvalue weighted by molar-refractivity contribution is 6.32. The van der Waals surface area contributed by atoms with Crippen LogP contribution in [0.25, 0.3) is 0 Å². The summed E-state index contributed by atoms with van der Waals surface area (Å²) in [6, 6.07) is 5.78. The number of benzene rings is 1. The van der Waals surface area contributed by atoms with Crippen LogP contribution in [-0.4, -0.2) is 26.1 Å². The van der Waals surface area contributed by atoms with Gasteiger partial charge in [-0.05, 0) is 12.1 Å². The first-order valence-electron chi connectivity index (χ1n) is 3.95. The second-order valence-electron chi connectivity index (χ2n) is 2.74. The molecule has 12 heavy (non-hydrogen) atoms. The molecule has 0 atom stereocenters. The van der Waals surface area contributed by atoms with Crippen molar-refractivity contribution in [2.75, 3.05) is 24.2 Å². The summed E-state index contributed by atoms with van der Waals surface area (Å²) in [5.41, 5.74) is 8.45. The molecule has 0 bridgehead atoms. The number of rotatable bonds is 3. The predicted molar refractivity (Wildman–Crippen MR) is 54.6 cm³/mol. The smallest absolute Gasteiger partial charge is 0.139 e. The molecule has 0 aliphatic rings. The third kappa shape index (κ3) is 2.17. The maximum Gasteiger partial charge on any atom is 0.139 e. The minimum atomic E-state index is 0.118. The molecule has 4 N–H and O–H groups in total. The number of aliphatic hydroxyl groups is 1. The Kier molecular flexibility index (Phi) is 2.99. The lowest BCUT2D eigenvalue weighted by atomic mass is 9.95. The predicted octanol–water partition coefficient (Wildman–Crippen LogP) is -1.07. The van der Waals surface area contributed by atoms with E-state index in [1.165, 1.54) is 0 Å². The molecule has 0 aromatic heterocycles. The van der Waals surface area contributed by atoms with Gasteiger partial charge < -0.3 is 16.2 Å². The first-order valence-corrected chi connectivity index (χ1v) is 3.95. The van der Waals surface area contributed by atoms with Gasteiger partial charge in [-0.3, -0.25) is 0 Å². The molecule has 0 aliphatic heterocycles. The minimum Gasteiger partial charge on any atom is -0.397 e. The fraction of sp³-hybridized carbons (Fsp3) is 0.250. The second-order valence-corrected chi connectivity index (χ2v) is 2.74.